The van der Waals surface area contributed by atoms with E-state index in [1.807, 2.05) is 0 Å². The molecule has 0 aliphatic carbocycles. The van der Waals surface area contributed by atoms with Crippen molar-refractivity contribution in [1.29, 1.82) is 0 Å². The number of nitrogens with zero attached hydrogens (tertiary/aromatic N) is 1. The fourth-order valence-corrected chi connectivity index (χ4v) is 3.16. The van der Waals surface area contributed by atoms with Gasteiger partial charge in [0, 0.05) is 48.1 Å². The molecule has 1 atom stereocenters. The summed E-state index contributed by atoms with van der Waals surface area (Å²) < 4.78 is 10.9. The van der Waals surface area contributed by atoms with Crippen LogP contribution in [0.25, 0.3) is 0 Å². The molecule has 0 saturated carbocycles. The highest BCUT2D eigenvalue weighted by Crippen LogP contribution is 2.20. The molecular weight excluding hydrogens is 268 g/mol. The Balaban J connectivity index is 1.72. The number of hydrogen-bond donors (Lipinski definition) is 1. The van der Waals surface area contributed by atoms with Gasteiger partial charge in [0.15, 0.2) is 0 Å². The van der Waals surface area contributed by atoms with Crippen LogP contribution in [0.2, 0.25) is 0 Å². The van der Waals surface area contributed by atoms with Crippen molar-refractivity contribution in [1.82, 2.24) is 5.32 Å². The van der Waals surface area contributed by atoms with Gasteiger partial charge in [0.2, 0.25) is 0 Å². The first-order valence-electron chi connectivity index (χ1n) is 7.60. The van der Waals surface area contributed by atoms with Crippen molar-refractivity contribution in [2.24, 2.45) is 0 Å². The highest BCUT2D eigenvalue weighted by atomic mass is 32.2. The van der Waals surface area contributed by atoms with Gasteiger partial charge in [-0.15, -0.1) is 0 Å². The lowest BCUT2D eigenvalue weighted by molar-refractivity contribution is 0.578. The van der Waals surface area contributed by atoms with Crippen LogP contribution >= 0.6 is 0 Å². The van der Waals surface area contributed by atoms with Gasteiger partial charge in [0.25, 0.3) is 0 Å². The summed E-state index contributed by atoms with van der Waals surface area (Å²) >= 11 is 0. The molecule has 1 fully saturated rings. The van der Waals surface area contributed by atoms with Crippen LogP contribution < -0.4 is 10.2 Å². The Kier molecular flexibility index (Phi) is 6.54. The number of nitrogens with one attached hydrogen (secondary N) is 1. The van der Waals surface area contributed by atoms with E-state index in [0.29, 0.717) is 0 Å². The zero-order valence-electron chi connectivity index (χ0n) is 12.4. The topological polar surface area (TPSA) is 32.3 Å². The SMILES string of the molecule is CS(=O)CCCNCc1ccc(N2CCCCC2)cc1. The normalized spacial score (nSPS) is 17.1. The van der Waals surface area contributed by atoms with Crippen LogP contribution in [0.3, 0.4) is 0 Å². The molecular formula is C16H26N2OS. The van der Waals surface area contributed by atoms with Gasteiger partial charge in [0.1, 0.15) is 0 Å². The summed E-state index contributed by atoms with van der Waals surface area (Å²) in [6.07, 6.45) is 6.76. The summed E-state index contributed by atoms with van der Waals surface area (Å²) in [4.78, 5) is 2.48. The lowest BCUT2D eigenvalue weighted by atomic mass is 10.1. The van der Waals surface area contributed by atoms with Crippen LogP contribution in [-0.4, -0.2) is 35.9 Å². The summed E-state index contributed by atoms with van der Waals surface area (Å²) in [5.41, 5.74) is 2.68. The van der Waals surface area contributed by atoms with E-state index in [-0.39, 0.29) is 0 Å². The fraction of sp³-hybridized carbons (Fsp3) is 0.625. The van der Waals surface area contributed by atoms with Crippen molar-refractivity contribution in [2.75, 3.05) is 36.5 Å². The van der Waals surface area contributed by atoms with Crippen LogP contribution in [0, 0.1) is 0 Å². The van der Waals surface area contributed by atoms with Gasteiger partial charge in [-0.1, -0.05) is 12.1 Å². The quantitative estimate of drug-likeness (QED) is 0.784. The van der Waals surface area contributed by atoms with E-state index in [1.165, 1.54) is 43.6 Å². The second kappa shape index (κ2) is 8.42. The van der Waals surface area contributed by atoms with E-state index < -0.39 is 10.8 Å². The molecule has 1 aromatic carbocycles. The van der Waals surface area contributed by atoms with E-state index in [0.717, 1.165) is 25.3 Å². The van der Waals surface area contributed by atoms with Crippen molar-refractivity contribution in [3.63, 3.8) is 0 Å². The molecule has 1 heterocycles. The predicted molar refractivity (Wildman–Crippen MR) is 87.8 cm³/mol. The molecule has 1 aliphatic rings. The number of rotatable bonds is 7. The first kappa shape index (κ1) is 15.5. The molecule has 0 aromatic heterocycles. The van der Waals surface area contributed by atoms with Crippen molar-refractivity contribution in [2.45, 2.75) is 32.2 Å². The van der Waals surface area contributed by atoms with E-state index >= 15 is 0 Å². The molecule has 112 valence electrons. The molecule has 0 amide bonds. The van der Waals surface area contributed by atoms with Gasteiger partial charge in [-0.2, -0.15) is 0 Å². The third-order valence-corrected chi connectivity index (χ3v) is 4.64. The fourth-order valence-electron chi connectivity index (χ4n) is 2.61. The first-order valence-corrected chi connectivity index (χ1v) is 9.33. The molecule has 3 nitrogen and oxygen atoms in total. The number of anilines is 1. The second-order valence-corrected chi connectivity index (χ2v) is 7.08. The smallest absolute Gasteiger partial charge is 0.0366 e. The van der Waals surface area contributed by atoms with Gasteiger partial charge in [-0.05, 0) is 49.9 Å². The third-order valence-electron chi connectivity index (χ3n) is 3.77. The summed E-state index contributed by atoms with van der Waals surface area (Å²) in [5, 5.41) is 3.41. The molecule has 0 spiro atoms. The minimum Gasteiger partial charge on any atom is -0.372 e. The minimum atomic E-state index is -0.665. The van der Waals surface area contributed by atoms with Crippen LogP contribution in [0.1, 0.15) is 31.2 Å². The summed E-state index contributed by atoms with van der Waals surface area (Å²) in [6, 6.07) is 8.91. The Morgan fingerprint density at radius 2 is 1.85 bits per heavy atom. The van der Waals surface area contributed by atoms with Gasteiger partial charge < -0.3 is 10.2 Å². The highest BCUT2D eigenvalue weighted by Gasteiger charge is 2.10. The molecule has 0 radical (unpaired) electrons. The van der Waals surface area contributed by atoms with Gasteiger partial charge in [0.05, 0.1) is 0 Å². The largest absolute Gasteiger partial charge is 0.372 e. The van der Waals surface area contributed by atoms with Crippen LogP contribution in [0.4, 0.5) is 5.69 Å². The Hall–Kier alpha value is -0.870. The first-order chi connectivity index (χ1) is 9.75. The predicted octanol–water partition coefficient (Wildman–Crippen LogP) is 2.54. The summed E-state index contributed by atoms with van der Waals surface area (Å²) in [7, 11) is -0.665. The van der Waals surface area contributed by atoms with Gasteiger partial charge in [-0.25, -0.2) is 0 Å². The Labute approximate surface area is 125 Å². The van der Waals surface area contributed by atoms with E-state index in [1.54, 1.807) is 6.26 Å². The van der Waals surface area contributed by atoms with Crippen molar-refractivity contribution in [3.05, 3.63) is 29.8 Å². The van der Waals surface area contributed by atoms with Gasteiger partial charge in [-0.3, -0.25) is 4.21 Å². The monoisotopic (exact) mass is 294 g/mol. The van der Waals surface area contributed by atoms with Gasteiger partial charge >= 0.3 is 0 Å². The lowest BCUT2D eigenvalue weighted by Crippen LogP contribution is -2.29. The van der Waals surface area contributed by atoms with E-state index in [9.17, 15) is 4.21 Å². The molecule has 1 saturated heterocycles. The number of hydrogen-bond acceptors (Lipinski definition) is 3. The maximum atomic E-state index is 10.9. The Bertz CT molecular complexity index is 413. The van der Waals surface area contributed by atoms with Crippen LogP contribution in [0.5, 0.6) is 0 Å². The maximum Gasteiger partial charge on any atom is 0.0366 e. The minimum absolute atomic E-state index is 0.665. The summed E-state index contributed by atoms with van der Waals surface area (Å²) in [6.45, 7) is 4.24. The lowest BCUT2D eigenvalue weighted by Gasteiger charge is -2.28. The number of benzene rings is 1. The Morgan fingerprint density at radius 3 is 2.50 bits per heavy atom. The average Bonchev–Trinajstić information content (AvgIpc) is 2.48. The molecule has 1 aromatic rings. The maximum absolute atomic E-state index is 10.9. The molecule has 0 bridgehead atoms. The van der Waals surface area contributed by atoms with Crippen LogP contribution in [-0.2, 0) is 17.3 Å². The summed E-state index contributed by atoms with van der Waals surface area (Å²) in [5.74, 6) is 0.793. The standard InChI is InChI=1S/C16H26N2OS/c1-20(19)13-5-10-17-14-15-6-8-16(9-7-15)18-11-3-2-4-12-18/h6-9,17H,2-5,10-14H2,1H3. The molecule has 1 unspecified atom stereocenters. The molecule has 2 rings (SSSR count). The molecule has 4 heteroatoms. The van der Waals surface area contributed by atoms with E-state index in [2.05, 4.69) is 34.5 Å². The zero-order valence-corrected chi connectivity index (χ0v) is 13.3. The zero-order chi connectivity index (χ0) is 14.2. The molecule has 1 aliphatic heterocycles. The van der Waals surface area contributed by atoms with Crippen molar-refractivity contribution in [3.8, 4) is 0 Å². The highest BCUT2D eigenvalue weighted by molar-refractivity contribution is 7.84. The second-order valence-electron chi connectivity index (χ2n) is 5.52. The number of piperidine rings is 1. The van der Waals surface area contributed by atoms with E-state index in [4.69, 9.17) is 0 Å². The van der Waals surface area contributed by atoms with Crippen molar-refractivity contribution < 1.29 is 4.21 Å². The van der Waals surface area contributed by atoms with Crippen molar-refractivity contribution >= 4 is 16.5 Å². The Morgan fingerprint density at radius 1 is 1.15 bits per heavy atom. The molecule has 1 N–H and O–H groups in total. The average molecular weight is 294 g/mol. The molecule has 20 heavy (non-hydrogen) atoms. The van der Waals surface area contributed by atoms with Crippen LogP contribution in [0.15, 0.2) is 24.3 Å². The third kappa shape index (κ3) is 5.25.